The molecule has 1 N–H and O–H groups in total. The van der Waals surface area contributed by atoms with E-state index in [1.807, 2.05) is 14.0 Å². The van der Waals surface area contributed by atoms with Gasteiger partial charge in [0, 0.05) is 35.5 Å². The van der Waals surface area contributed by atoms with E-state index in [9.17, 15) is 5.11 Å². The second-order valence-electron chi connectivity index (χ2n) is 11.2. The third kappa shape index (κ3) is 2.06. The summed E-state index contributed by atoms with van der Waals surface area (Å²) in [6.45, 7) is 5.29. The minimum absolute atomic E-state index is 0.0469. The molecule has 2 heterocycles. The first kappa shape index (κ1) is 20.3. The predicted molar refractivity (Wildman–Crippen MR) is 119 cm³/mol. The lowest BCUT2D eigenvalue weighted by Gasteiger charge is -2.74. The molecule has 1 aromatic rings. The normalized spacial score (nSPS) is 43.9. The fourth-order valence-corrected chi connectivity index (χ4v) is 9.24. The van der Waals surface area contributed by atoms with E-state index < -0.39 is 11.2 Å². The number of piperidine rings is 1. The number of fused-ring (bicyclic) bond motifs is 2. The molecular weight excluding hydrogens is 390 g/mol. The van der Waals surface area contributed by atoms with E-state index in [1.54, 1.807) is 7.11 Å². The van der Waals surface area contributed by atoms with Gasteiger partial charge in [0.05, 0.1) is 12.7 Å². The maximum Gasteiger partial charge on any atom is 0.165 e. The molecule has 4 fully saturated rings. The third-order valence-electron chi connectivity index (χ3n) is 10.3. The molecular formula is C26H37NO4. The second-order valence-corrected chi connectivity index (χ2v) is 11.2. The first-order chi connectivity index (χ1) is 14.8. The predicted octanol–water partition coefficient (Wildman–Crippen LogP) is 3.69. The molecule has 2 aliphatic heterocycles. The van der Waals surface area contributed by atoms with E-state index in [0.29, 0.717) is 6.04 Å². The van der Waals surface area contributed by atoms with Gasteiger partial charge >= 0.3 is 0 Å². The van der Waals surface area contributed by atoms with E-state index >= 15 is 0 Å². The van der Waals surface area contributed by atoms with E-state index in [2.05, 4.69) is 31.0 Å². The van der Waals surface area contributed by atoms with E-state index in [4.69, 9.17) is 14.2 Å². The summed E-state index contributed by atoms with van der Waals surface area (Å²) in [4.78, 5) is 2.60. The monoisotopic (exact) mass is 427 g/mol. The molecule has 0 radical (unpaired) electrons. The Hall–Kier alpha value is -1.30. The maximum absolute atomic E-state index is 11.8. The van der Waals surface area contributed by atoms with Gasteiger partial charge in [-0.2, -0.15) is 0 Å². The molecule has 1 aromatic carbocycles. The maximum atomic E-state index is 11.8. The molecule has 0 aromatic heterocycles. The Labute approximate surface area is 186 Å². The number of rotatable bonds is 5. The number of ether oxygens (including phenoxy) is 3. The Morgan fingerprint density at radius 1 is 1.26 bits per heavy atom. The van der Waals surface area contributed by atoms with Crippen molar-refractivity contribution in [3.05, 3.63) is 23.3 Å². The van der Waals surface area contributed by atoms with Crippen molar-refractivity contribution in [1.29, 1.82) is 0 Å². The molecule has 3 saturated carbocycles. The van der Waals surface area contributed by atoms with Gasteiger partial charge in [-0.1, -0.05) is 19.4 Å². The Morgan fingerprint density at radius 2 is 2.06 bits per heavy atom. The van der Waals surface area contributed by atoms with Crippen LogP contribution in [0, 0.1) is 11.3 Å². The Morgan fingerprint density at radius 3 is 2.77 bits per heavy atom. The van der Waals surface area contributed by atoms with Crippen molar-refractivity contribution >= 4 is 0 Å². The van der Waals surface area contributed by atoms with Gasteiger partial charge in [0.1, 0.15) is 11.7 Å². The molecule has 4 aliphatic carbocycles. The fraction of sp³-hybridized carbons (Fsp3) is 0.769. The molecule has 170 valence electrons. The van der Waals surface area contributed by atoms with Crippen LogP contribution in [0.2, 0.25) is 0 Å². The summed E-state index contributed by atoms with van der Waals surface area (Å²) in [6.07, 6.45) is 6.95. The molecule has 7 rings (SSSR count). The summed E-state index contributed by atoms with van der Waals surface area (Å²) in [5.41, 5.74) is 1.66. The van der Waals surface area contributed by atoms with Crippen LogP contribution in [0.4, 0.5) is 0 Å². The molecule has 2 spiro atoms. The summed E-state index contributed by atoms with van der Waals surface area (Å²) in [5, 5.41) is 11.8. The van der Waals surface area contributed by atoms with Crippen molar-refractivity contribution in [2.45, 2.75) is 87.6 Å². The van der Waals surface area contributed by atoms with Gasteiger partial charge in [0.15, 0.2) is 11.5 Å². The van der Waals surface area contributed by atoms with Gasteiger partial charge < -0.3 is 24.2 Å². The average molecular weight is 428 g/mol. The number of aliphatic hydroxyl groups is 1. The van der Waals surface area contributed by atoms with Crippen LogP contribution in [0.3, 0.4) is 0 Å². The number of nitrogens with zero attached hydrogens (tertiary/aromatic N) is 1. The zero-order chi connectivity index (χ0) is 21.8. The topological polar surface area (TPSA) is 51.2 Å². The van der Waals surface area contributed by atoms with Gasteiger partial charge in [-0.15, -0.1) is 0 Å². The van der Waals surface area contributed by atoms with Crippen LogP contribution in [0.15, 0.2) is 12.1 Å². The Balaban J connectivity index is 1.64. The summed E-state index contributed by atoms with van der Waals surface area (Å²) < 4.78 is 19.3. The lowest BCUT2D eigenvalue weighted by atomic mass is 9.33. The van der Waals surface area contributed by atoms with Crippen LogP contribution in [0.25, 0.3) is 0 Å². The van der Waals surface area contributed by atoms with Gasteiger partial charge in [0.2, 0.25) is 0 Å². The number of benzene rings is 1. The zero-order valence-corrected chi connectivity index (χ0v) is 19.7. The molecule has 4 bridgehead atoms. The van der Waals surface area contributed by atoms with Crippen LogP contribution < -0.4 is 9.47 Å². The standard InChI is InChI=1S/C26H37NO4/c1-6-9-23(2,28)18-15-24-10-11-26(18,30-5)22-25(24)12-13-27(3)19(24)14-16-7-8-17(29-4)21(31-22)20(16)25/h7-8,18-19,22,28H,6,9-15H2,1-5H3/t18?,19-,22-,23?,24-,25+,26-/m1/s1. The van der Waals surface area contributed by atoms with Crippen LogP contribution in [-0.4, -0.2) is 61.2 Å². The summed E-state index contributed by atoms with van der Waals surface area (Å²) in [6, 6.07) is 4.84. The largest absolute Gasteiger partial charge is 0.493 e. The number of hydrogen-bond acceptors (Lipinski definition) is 5. The number of methoxy groups -OCH3 is 2. The van der Waals surface area contributed by atoms with Crippen molar-refractivity contribution in [2.24, 2.45) is 11.3 Å². The highest BCUT2D eigenvalue weighted by Crippen LogP contribution is 2.77. The highest BCUT2D eigenvalue weighted by atomic mass is 16.6. The second kappa shape index (κ2) is 6.18. The minimum atomic E-state index is -0.769. The van der Waals surface area contributed by atoms with Gasteiger partial charge in [-0.05, 0) is 70.7 Å². The lowest BCUT2D eigenvalue weighted by molar-refractivity contribution is -0.301. The molecule has 6 aliphatic rings. The van der Waals surface area contributed by atoms with Gasteiger partial charge in [0.25, 0.3) is 0 Å². The summed E-state index contributed by atoms with van der Waals surface area (Å²) in [5.74, 6) is 1.86. The lowest BCUT2D eigenvalue weighted by Crippen LogP contribution is -2.82. The first-order valence-electron chi connectivity index (χ1n) is 12.2. The van der Waals surface area contributed by atoms with Gasteiger partial charge in [-0.25, -0.2) is 0 Å². The van der Waals surface area contributed by atoms with Crippen molar-refractivity contribution in [3.63, 3.8) is 0 Å². The van der Waals surface area contributed by atoms with Crippen molar-refractivity contribution in [3.8, 4) is 11.5 Å². The van der Waals surface area contributed by atoms with E-state index in [1.165, 1.54) is 11.1 Å². The van der Waals surface area contributed by atoms with Crippen molar-refractivity contribution in [2.75, 3.05) is 27.8 Å². The molecule has 0 amide bonds. The Bertz CT molecular complexity index is 930. The SMILES string of the molecule is CCCC(C)(O)C1C[C@@]23CC[C@]1(OC)[C@@H]1Oc4c(OC)ccc5c4[C@@]12CCN(C)[C@@H]3C5. The molecule has 2 unspecified atom stereocenters. The van der Waals surface area contributed by atoms with E-state index in [0.717, 1.165) is 63.0 Å². The first-order valence-corrected chi connectivity index (χ1v) is 12.2. The quantitative estimate of drug-likeness (QED) is 0.777. The molecule has 31 heavy (non-hydrogen) atoms. The number of hydrogen-bond donors (Lipinski definition) is 1. The molecule has 7 atom stereocenters. The average Bonchev–Trinajstić information content (AvgIpc) is 3.13. The highest BCUT2D eigenvalue weighted by Gasteiger charge is 2.81. The third-order valence-corrected chi connectivity index (χ3v) is 10.3. The van der Waals surface area contributed by atoms with Crippen molar-refractivity contribution < 1.29 is 19.3 Å². The molecule has 1 saturated heterocycles. The van der Waals surface area contributed by atoms with Crippen LogP contribution in [0.5, 0.6) is 11.5 Å². The van der Waals surface area contributed by atoms with E-state index in [-0.39, 0.29) is 22.9 Å². The van der Waals surface area contributed by atoms with Gasteiger partial charge in [-0.3, -0.25) is 0 Å². The van der Waals surface area contributed by atoms with Crippen LogP contribution >= 0.6 is 0 Å². The molecule has 5 heteroatoms. The molecule has 5 nitrogen and oxygen atoms in total. The zero-order valence-electron chi connectivity index (χ0n) is 19.7. The van der Waals surface area contributed by atoms with Crippen LogP contribution in [-0.2, 0) is 16.6 Å². The number of likely N-dealkylation sites (N-methyl/N-ethyl adjacent to an activating group) is 1. The minimum Gasteiger partial charge on any atom is -0.493 e. The smallest absolute Gasteiger partial charge is 0.165 e. The number of likely N-dealkylation sites (tertiary alicyclic amines) is 1. The summed E-state index contributed by atoms with van der Waals surface area (Å²) in [7, 11) is 5.90. The van der Waals surface area contributed by atoms with Crippen LogP contribution in [0.1, 0.15) is 63.5 Å². The summed E-state index contributed by atoms with van der Waals surface area (Å²) >= 11 is 0. The van der Waals surface area contributed by atoms with Crippen molar-refractivity contribution in [1.82, 2.24) is 4.90 Å². The Kier molecular flexibility index (Phi) is 4.05. The highest BCUT2D eigenvalue weighted by molar-refractivity contribution is 5.63. The fourth-order valence-electron chi connectivity index (χ4n) is 9.24.